The summed E-state index contributed by atoms with van der Waals surface area (Å²) in [6.07, 6.45) is 1.18. The van der Waals surface area contributed by atoms with Crippen molar-refractivity contribution in [3.8, 4) is 0 Å². The summed E-state index contributed by atoms with van der Waals surface area (Å²) in [6.45, 7) is 8.78. The van der Waals surface area contributed by atoms with Crippen LogP contribution in [0.5, 0.6) is 0 Å². The highest BCUT2D eigenvalue weighted by Crippen LogP contribution is 2.24. The fraction of sp³-hybridized carbons (Fsp3) is 0.538. The van der Waals surface area contributed by atoms with E-state index in [0.29, 0.717) is 6.54 Å². The molecule has 0 aromatic heterocycles. The maximum atomic E-state index is 11.1. The summed E-state index contributed by atoms with van der Waals surface area (Å²) in [6, 6.07) is 6.21. The molecule has 0 radical (unpaired) electrons. The van der Waals surface area contributed by atoms with Crippen LogP contribution in [0.4, 0.5) is 0 Å². The maximum absolute atomic E-state index is 11.1. The van der Waals surface area contributed by atoms with Gasteiger partial charge in [-0.25, -0.2) is 13.1 Å². The van der Waals surface area contributed by atoms with Crippen LogP contribution < -0.4 is 4.72 Å². The first kappa shape index (κ1) is 14.2. The van der Waals surface area contributed by atoms with Crippen molar-refractivity contribution in [1.82, 2.24) is 4.72 Å². The number of nitrogens with one attached hydrogen (secondary N) is 1. The van der Waals surface area contributed by atoms with Crippen LogP contribution in [0, 0.1) is 6.92 Å². The fourth-order valence-electron chi connectivity index (χ4n) is 1.54. The van der Waals surface area contributed by atoms with Gasteiger partial charge in [0.25, 0.3) is 0 Å². The molecule has 0 aliphatic heterocycles. The van der Waals surface area contributed by atoms with Crippen molar-refractivity contribution in [3.63, 3.8) is 0 Å². The Morgan fingerprint density at radius 3 is 2.29 bits per heavy atom. The zero-order valence-electron chi connectivity index (χ0n) is 11.2. The smallest absolute Gasteiger partial charge is 0.209 e. The lowest BCUT2D eigenvalue weighted by Gasteiger charge is -2.20. The van der Waals surface area contributed by atoms with Gasteiger partial charge in [-0.3, -0.25) is 0 Å². The molecule has 0 saturated heterocycles. The Balaban J connectivity index is 3.00. The van der Waals surface area contributed by atoms with Gasteiger partial charge in [0.2, 0.25) is 10.0 Å². The third-order valence-corrected chi connectivity index (χ3v) is 3.41. The number of hydrogen-bond donors (Lipinski definition) is 1. The molecule has 1 aromatic rings. The number of aryl methyl sites for hydroxylation is 1. The van der Waals surface area contributed by atoms with E-state index in [9.17, 15) is 8.42 Å². The van der Waals surface area contributed by atoms with E-state index in [0.717, 1.165) is 11.1 Å². The van der Waals surface area contributed by atoms with E-state index in [1.165, 1.54) is 11.8 Å². The predicted molar refractivity (Wildman–Crippen MR) is 71.6 cm³/mol. The largest absolute Gasteiger partial charge is 0.213 e. The van der Waals surface area contributed by atoms with Crippen LogP contribution in [0.15, 0.2) is 18.2 Å². The van der Waals surface area contributed by atoms with Crippen LogP contribution in [-0.2, 0) is 22.0 Å². The van der Waals surface area contributed by atoms with E-state index in [-0.39, 0.29) is 5.41 Å². The molecule has 4 heteroatoms. The summed E-state index contributed by atoms with van der Waals surface area (Å²) in [5.74, 6) is 0. The van der Waals surface area contributed by atoms with Crippen LogP contribution in [-0.4, -0.2) is 14.7 Å². The first-order valence-corrected chi connectivity index (χ1v) is 7.53. The normalized spacial score (nSPS) is 12.8. The van der Waals surface area contributed by atoms with Crippen molar-refractivity contribution in [2.75, 3.05) is 6.26 Å². The summed E-state index contributed by atoms with van der Waals surface area (Å²) in [7, 11) is -3.14. The number of hydrogen-bond acceptors (Lipinski definition) is 2. The monoisotopic (exact) mass is 255 g/mol. The Hall–Kier alpha value is -0.870. The summed E-state index contributed by atoms with van der Waals surface area (Å²) in [4.78, 5) is 0. The highest BCUT2D eigenvalue weighted by Gasteiger charge is 2.14. The van der Waals surface area contributed by atoms with Gasteiger partial charge in [0.05, 0.1) is 6.26 Å². The van der Waals surface area contributed by atoms with Gasteiger partial charge in [0.1, 0.15) is 0 Å². The minimum atomic E-state index is -3.14. The highest BCUT2D eigenvalue weighted by molar-refractivity contribution is 7.88. The van der Waals surface area contributed by atoms with Crippen molar-refractivity contribution in [1.29, 1.82) is 0 Å². The van der Waals surface area contributed by atoms with E-state index in [4.69, 9.17) is 0 Å². The summed E-state index contributed by atoms with van der Waals surface area (Å²) in [5, 5.41) is 0. The average molecular weight is 255 g/mol. The molecule has 3 nitrogen and oxygen atoms in total. The third kappa shape index (κ3) is 4.48. The van der Waals surface area contributed by atoms with E-state index >= 15 is 0 Å². The molecule has 1 aromatic carbocycles. The Labute approximate surface area is 104 Å². The van der Waals surface area contributed by atoms with E-state index in [2.05, 4.69) is 37.6 Å². The molecule has 1 N–H and O–H groups in total. The first-order chi connectivity index (χ1) is 7.59. The van der Waals surface area contributed by atoms with Crippen LogP contribution >= 0.6 is 0 Å². The molecule has 0 fully saturated rings. The van der Waals surface area contributed by atoms with E-state index in [1.807, 2.05) is 13.0 Å². The van der Waals surface area contributed by atoms with Crippen LogP contribution in [0.25, 0.3) is 0 Å². The zero-order valence-corrected chi connectivity index (χ0v) is 12.0. The molecule has 0 spiro atoms. The second-order valence-corrected chi connectivity index (χ2v) is 7.32. The van der Waals surface area contributed by atoms with Crippen molar-refractivity contribution < 1.29 is 8.42 Å². The molecule has 0 atom stereocenters. The second kappa shape index (κ2) is 4.78. The van der Waals surface area contributed by atoms with Gasteiger partial charge >= 0.3 is 0 Å². The molecule has 0 unspecified atom stereocenters. The molecule has 0 aliphatic carbocycles. The second-order valence-electron chi connectivity index (χ2n) is 5.48. The maximum Gasteiger partial charge on any atom is 0.209 e. The minimum Gasteiger partial charge on any atom is -0.213 e. The molecule has 17 heavy (non-hydrogen) atoms. The van der Waals surface area contributed by atoms with Gasteiger partial charge in [-0.05, 0) is 29.0 Å². The molecule has 0 aliphatic rings. The van der Waals surface area contributed by atoms with Crippen LogP contribution in [0.2, 0.25) is 0 Å². The highest BCUT2D eigenvalue weighted by atomic mass is 32.2. The molecular formula is C13H21NO2S. The molecule has 1 rings (SSSR count). The van der Waals surface area contributed by atoms with Gasteiger partial charge in [0.15, 0.2) is 0 Å². The van der Waals surface area contributed by atoms with Crippen molar-refractivity contribution in [2.45, 2.75) is 39.7 Å². The average Bonchev–Trinajstić information content (AvgIpc) is 2.13. The van der Waals surface area contributed by atoms with Crippen LogP contribution in [0.1, 0.15) is 37.5 Å². The number of rotatable bonds is 3. The Morgan fingerprint density at radius 1 is 1.24 bits per heavy atom. The SMILES string of the molecule is Cc1ccc(C(C)(C)C)cc1CNS(C)(=O)=O. The molecule has 0 bridgehead atoms. The topological polar surface area (TPSA) is 46.2 Å². The summed E-state index contributed by atoms with van der Waals surface area (Å²) in [5.41, 5.74) is 3.43. The Bertz CT molecular complexity index is 499. The molecule has 0 heterocycles. The van der Waals surface area contributed by atoms with Crippen molar-refractivity contribution >= 4 is 10.0 Å². The quantitative estimate of drug-likeness (QED) is 0.901. The summed E-state index contributed by atoms with van der Waals surface area (Å²) < 4.78 is 24.7. The molecule has 0 amide bonds. The van der Waals surface area contributed by atoms with Gasteiger partial charge in [0, 0.05) is 6.54 Å². The number of benzene rings is 1. The zero-order chi connectivity index (χ0) is 13.3. The lowest BCUT2D eigenvalue weighted by atomic mass is 9.85. The third-order valence-electron chi connectivity index (χ3n) is 2.74. The van der Waals surface area contributed by atoms with Gasteiger partial charge in [-0.2, -0.15) is 0 Å². The van der Waals surface area contributed by atoms with E-state index < -0.39 is 10.0 Å². The van der Waals surface area contributed by atoms with Crippen molar-refractivity contribution in [2.24, 2.45) is 0 Å². The van der Waals surface area contributed by atoms with Crippen LogP contribution in [0.3, 0.4) is 0 Å². The lowest BCUT2D eigenvalue weighted by molar-refractivity contribution is 0.584. The number of sulfonamides is 1. The Morgan fingerprint density at radius 2 is 1.82 bits per heavy atom. The Kier molecular flexibility index (Phi) is 3.99. The minimum absolute atomic E-state index is 0.0769. The molecule has 96 valence electrons. The predicted octanol–water partition coefficient (Wildman–Crippen LogP) is 2.34. The van der Waals surface area contributed by atoms with E-state index in [1.54, 1.807) is 0 Å². The lowest BCUT2D eigenvalue weighted by Crippen LogP contribution is -2.22. The summed E-state index contributed by atoms with van der Waals surface area (Å²) >= 11 is 0. The van der Waals surface area contributed by atoms with Gasteiger partial charge in [-0.1, -0.05) is 39.0 Å². The molecular weight excluding hydrogens is 234 g/mol. The van der Waals surface area contributed by atoms with Gasteiger partial charge in [-0.15, -0.1) is 0 Å². The fourth-order valence-corrected chi connectivity index (χ4v) is 1.95. The van der Waals surface area contributed by atoms with Gasteiger partial charge < -0.3 is 0 Å². The van der Waals surface area contributed by atoms with Crippen molar-refractivity contribution in [3.05, 3.63) is 34.9 Å². The molecule has 0 saturated carbocycles. The standard InChI is InChI=1S/C13H21NO2S/c1-10-6-7-12(13(2,3)4)8-11(10)9-14-17(5,15)16/h6-8,14H,9H2,1-5H3. The first-order valence-electron chi connectivity index (χ1n) is 5.64.